The van der Waals surface area contributed by atoms with Crippen molar-refractivity contribution in [3.63, 3.8) is 0 Å². The summed E-state index contributed by atoms with van der Waals surface area (Å²) in [5.74, 6) is 1.30. The second-order valence-corrected chi connectivity index (χ2v) is 13.6. The number of aryl methyl sites for hydroxylation is 1. The van der Waals surface area contributed by atoms with Gasteiger partial charge in [0, 0.05) is 46.6 Å². The van der Waals surface area contributed by atoms with Crippen LogP contribution in [0.15, 0.2) is 52.9 Å². The van der Waals surface area contributed by atoms with Gasteiger partial charge in [-0.2, -0.15) is 4.36 Å². The normalized spacial score (nSPS) is 30.8. The molecule has 0 N–H and O–H groups in total. The van der Waals surface area contributed by atoms with Crippen molar-refractivity contribution in [1.29, 1.82) is 0 Å². The molecule has 0 radical (unpaired) electrons. The summed E-state index contributed by atoms with van der Waals surface area (Å²) in [6.07, 6.45) is 10.3. The van der Waals surface area contributed by atoms with Crippen LogP contribution in [0.2, 0.25) is 5.02 Å². The number of methoxy groups -OCH3 is 1. The highest BCUT2D eigenvalue weighted by molar-refractivity contribution is 7.76. The molecule has 1 saturated carbocycles. The van der Waals surface area contributed by atoms with Crippen LogP contribution >= 0.6 is 11.6 Å². The van der Waals surface area contributed by atoms with E-state index >= 15 is 0 Å². The van der Waals surface area contributed by atoms with Gasteiger partial charge in [0.1, 0.15) is 5.75 Å². The van der Waals surface area contributed by atoms with Crippen LogP contribution in [0, 0.1) is 17.8 Å². The van der Waals surface area contributed by atoms with Crippen LogP contribution in [0.4, 0.5) is 5.69 Å². The smallest absolute Gasteiger partial charge is 0.284 e. The van der Waals surface area contributed by atoms with Crippen molar-refractivity contribution >= 4 is 33.8 Å². The number of benzene rings is 2. The van der Waals surface area contributed by atoms with Crippen molar-refractivity contribution < 1.29 is 18.5 Å². The first kappa shape index (κ1) is 29.2. The van der Waals surface area contributed by atoms with E-state index in [4.69, 9.17) is 21.1 Å². The van der Waals surface area contributed by atoms with Crippen molar-refractivity contribution in [3.05, 3.63) is 70.3 Å². The Balaban J connectivity index is 1.62. The maximum Gasteiger partial charge on any atom is 0.284 e. The first-order valence-electron chi connectivity index (χ1n) is 14.5. The number of amides is 1. The molecule has 1 unspecified atom stereocenters. The lowest BCUT2D eigenvalue weighted by atomic mass is 9.70. The fourth-order valence-electron chi connectivity index (χ4n) is 6.07. The minimum Gasteiger partial charge on any atom is -0.491 e. The number of anilines is 1. The average Bonchev–Trinajstić information content (AvgIpc) is 2.96. The summed E-state index contributed by atoms with van der Waals surface area (Å²) in [4.78, 5) is 15.6. The Hall–Kier alpha value is -2.35. The maximum absolute atomic E-state index is 13.3. The minimum absolute atomic E-state index is 0.0336. The van der Waals surface area contributed by atoms with Crippen LogP contribution in [0.1, 0.15) is 67.4 Å². The molecule has 216 valence electrons. The molecule has 2 aliphatic heterocycles. The lowest BCUT2D eigenvalue weighted by molar-refractivity contribution is 0.0133. The van der Waals surface area contributed by atoms with E-state index in [0.29, 0.717) is 30.6 Å². The van der Waals surface area contributed by atoms with Crippen LogP contribution in [-0.2, 0) is 28.3 Å². The van der Waals surface area contributed by atoms with Crippen LogP contribution < -0.4 is 9.64 Å². The number of ether oxygens (including phenoxy) is 2. The third-order valence-corrected chi connectivity index (χ3v) is 10.8. The highest BCUT2D eigenvalue weighted by Crippen LogP contribution is 2.42. The number of halogens is 1. The molecule has 2 aromatic carbocycles. The van der Waals surface area contributed by atoms with Gasteiger partial charge in [0.05, 0.1) is 18.4 Å². The van der Waals surface area contributed by atoms with Gasteiger partial charge >= 0.3 is 0 Å². The second-order valence-electron chi connectivity index (χ2n) is 11.6. The fourth-order valence-corrected chi connectivity index (χ4v) is 7.30. The number of carbonyl (C=O) groups excluding carboxylic acids is 1. The van der Waals surface area contributed by atoms with E-state index < -0.39 is 16.5 Å². The molecule has 0 spiro atoms. The predicted molar refractivity (Wildman–Crippen MR) is 163 cm³/mol. The molecular formula is C32H41ClN2O4S. The molecule has 2 bridgehead atoms. The van der Waals surface area contributed by atoms with Crippen molar-refractivity contribution in [2.45, 2.75) is 70.3 Å². The zero-order valence-corrected chi connectivity index (χ0v) is 25.4. The van der Waals surface area contributed by atoms with E-state index in [1.54, 1.807) is 13.2 Å². The minimum atomic E-state index is -2.05. The number of nitrogens with zero attached hydrogens (tertiary/aromatic N) is 2. The average molecular weight is 585 g/mol. The highest BCUT2D eigenvalue weighted by atomic mass is 35.5. The molecule has 2 aromatic rings. The third kappa shape index (κ3) is 6.58. The van der Waals surface area contributed by atoms with E-state index in [2.05, 4.69) is 40.5 Å². The number of carbonyl (C=O) groups is 1. The first-order valence-corrected chi connectivity index (χ1v) is 16.2. The van der Waals surface area contributed by atoms with Gasteiger partial charge in [0.2, 0.25) is 0 Å². The van der Waals surface area contributed by atoms with Crippen LogP contribution in [0.5, 0.6) is 5.75 Å². The topological polar surface area (TPSA) is 68.2 Å². The summed E-state index contributed by atoms with van der Waals surface area (Å²) >= 11 is 6.41. The van der Waals surface area contributed by atoms with Gasteiger partial charge in [-0.15, -0.1) is 0 Å². The van der Waals surface area contributed by atoms with Gasteiger partial charge in [-0.3, -0.25) is 9.00 Å². The summed E-state index contributed by atoms with van der Waals surface area (Å²) in [5, 5.41) is 0.539. The number of hydrogen-bond donors (Lipinski definition) is 1. The van der Waals surface area contributed by atoms with Gasteiger partial charge < -0.3 is 14.4 Å². The van der Waals surface area contributed by atoms with E-state index in [9.17, 15) is 9.00 Å². The number of thiol groups is 1. The summed E-state index contributed by atoms with van der Waals surface area (Å²) < 4.78 is 29.6. The molecule has 8 heteroatoms. The predicted octanol–water partition coefficient (Wildman–Crippen LogP) is 6.89. The van der Waals surface area contributed by atoms with Crippen LogP contribution in [0.25, 0.3) is 0 Å². The Labute approximate surface area is 245 Å². The molecule has 1 fully saturated rings. The van der Waals surface area contributed by atoms with E-state index in [-0.39, 0.29) is 17.3 Å². The molecule has 6 atom stereocenters. The Morgan fingerprint density at radius 3 is 2.73 bits per heavy atom. The second kappa shape index (κ2) is 13.1. The zero-order chi connectivity index (χ0) is 28.2. The van der Waals surface area contributed by atoms with Gasteiger partial charge in [-0.1, -0.05) is 36.7 Å². The summed E-state index contributed by atoms with van der Waals surface area (Å²) in [5.41, 5.74) is 3.81. The van der Waals surface area contributed by atoms with Gasteiger partial charge in [-0.25, -0.2) is 0 Å². The molecule has 0 saturated heterocycles. The molecule has 1 amide bonds. The van der Waals surface area contributed by atoms with E-state index in [1.807, 2.05) is 25.1 Å². The molecule has 1 aliphatic carbocycles. The molecule has 3 aliphatic rings. The molecule has 5 rings (SSSR count). The lowest BCUT2D eigenvalue weighted by Crippen LogP contribution is -2.43. The molecule has 40 heavy (non-hydrogen) atoms. The van der Waals surface area contributed by atoms with Gasteiger partial charge in [-0.05, 0) is 105 Å². The van der Waals surface area contributed by atoms with Crippen LogP contribution in [-0.4, -0.2) is 41.7 Å². The summed E-state index contributed by atoms with van der Waals surface area (Å²) in [6, 6.07) is 11.7. The zero-order valence-electron chi connectivity index (χ0n) is 23.7. The van der Waals surface area contributed by atoms with Crippen molar-refractivity contribution in [2.24, 2.45) is 22.1 Å². The van der Waals surface area contributed by atoms with Gasteiger partial charge in [0.25, 0.3) is 5.91 Å². The van der Waals surface area contributed by atoms with Crippen molar-refractivity contribution in [2.75, 3.05) is 25.2 Å². The lowest BCUT2D eigenvalue weighted by Gasteiger charge is -2.43. The molecule has 2 heterocycles. The van der Waals surface area contributed by atoms with E-state index in [0.717, 1.165) is 61.5 Å². The molecule has 0 aromatic heterocycles. The van der Waals surface area contributed by atoms with Crippen molar-refractivity contribution in [1.82, 2.24) is 0 Å². The molecule has 6 nitrogen and oxygen atoms in total. The highest BCUT2D eigenvalue weighted by Gasteiger charge is 2.38. The quantitative estimate of drug-likeness (QED) is 0.292. The Morgan fingerprint density at radius 2 is 1.95 bits per heavy atom. The van der Waals surface area contributed by atoms with Crippen LogP contribution in [0.3, 0.4) is 0 Å². The summed E-state index contributed by atoms with van der Waals surface area (Å²) in [7, 11) is -0.262. The fraction of sp³-hybridized carbons (Fsp3) is 0.531. The number of allylic oxidation sites excluding steroid dienone is 1. The first-order chi connectivity index (χ1) is 19.3. The van der Waals surface area contributed by atoms with Gasteiger partial charge in [0.15, 0.2) is 0 Å². The number of fused-ring (bicyclic) bond motifs is 3. The number of rotatable bonds is 1. The Morgan fingerprint density at radius 1 is 1.10 bits per heavy atom. The summed E-state index contributed by atoms with van der Waals surface area (Å²) in [6.45, 7) is 6.07. The standard InChI is InChI=1S/C32H41ClN2O4S/c1-21-7-6-9-30(38-3)28-14-11-26(28)20-35-19-25-10-13-27(33)17-23(25)8-4-5-16-39-31-15-12-24(18-29(31)35)32(36)34-40(37)22(21)2/h6,9-10,12-13,15,17-18,21-22,26,28,30,40H,4-5,7-8,11,14,16,19-20H2,1-3H3/b9-6+/t21-,22+,26-,28+,30-/m0/s1. The Bertz CT molecular complexity index is 1340. The SMILES string of the molecule is CO[C@H]1/C=C/C[C@H](C)[C@@H](C)/[SH](=O)=N\C(=O)c2ccc3c(c2)N(Cc2ccc(Cl)cc2CCCCO3)C[C@@H]2CC[C@H]21. The monoisotopic (exact) mass is 584 g/mol. The largest absolute Gasteiger partial charge is 0.491 e. The Kier molecular flexibility index (Phi) is 9.54. The number of hydrogen-bond acceptors (Lipinski definition) is 5. The van der Waals surface area contributed by atoms with E-state index in [1.165, 1.54) is 11.1 Å². The third-order valence-electron chi connectivity index (χ3n) is 8.99. The molecular weight excluding hydrogens is 544 g/mol. The maximum atomic E-state index is 13.3. The van der Waals surface area contributed by atoms with Crippen molar-refractivity contribution in [3.8, 4) is 5.75 Å².